The zero-order valence-electron chi connectivity index (χ0n) is 16.9. The third-order valence-corrected chi connectivity index (χ3v) is 4.54. The van der Waals surface area contributed by atoms with E-state index >= 15 is 0 Å². The molecule has 0 unspecified atom stereocenters. The molecule has 2 N–H and O–H groups in total. The number of hydrogen-bond acceptors (Lipinski definition) is 5. The lowest BCUT2D eigenvalue weighted by Crippen LogP contribution is -2.18. The molecule has 3 rings (SSSR count). The Morgan fingerprint density at radius 3 is 2.48 bits per heavy atom. The molecule has 0 spiro atoms. The Morgan fingerprint density at radius 2 is 1.86 bits per heavy atom. The zero-order valence-corrected chi connectivity index (χ0v) is 14.7. The number of benzene rings is 2. The number of amides is 1. The molecule has 1 aromatic heterocycles. The van der Waals surface area contributed by atoms with E-state index in [1.54, 1.807) is 5.32 Å². The number of anilines is 1. The minimum Gasteiger partial charge on any atom is -0.497 e. The standard InChI is InChI=1S/C18H10F4N2O4S/c1-28-8-4-2-3-7(5-8)10-11(19)13(21)15(14(22)12(10)20)24-17(25)9-6-23-29-16(9)18(26)27/h2-6H,1H3,(H,24,25)(H,26,27)/i1D3. The third kappa shape index (κ3) is 3.63. The van der Waals surface area contributed by atoms with Crippen molar-refractivity contribution in [3.05, 3.63) is 64.2 Å². The molecule has 0 aliphatic carbocycles. The number of aromatic carboxylic acids is 1. The summed E-state index contributed by atoms with van der Waals surface area (Å²) in [6.07, 6.45) is 0.816. The van der Waals surface area contributed by atoms with Gasteiger partial charge in [-0.05, 0) is 29.2 Å². The molecular weight excluding hydrogens is 416 g/mol. The van der Waals surface area contributed by atoms with Crippen LogP contribution in [-0.2, 0) is 0 Å². The fraction of sp³-hybridized carbons (Fsp3) is 0.0556. The summed E-state index contributed by atoms with van der Waals surface area (Å²) in [5, 5.41) is 10.6. The van der Waals surface area contributed by atoms with E-state index in [0.29, 0.717) is 11.5 Å². The van der Waals surface area contributed by atoms with Crippen LogP contribution in [0.1, 0.15) is 24.1 Å². The van der Waals surface area contributed by atoms with Crippen LogP contribution in [0.25, 0.3) is 11.1 Å². The highest BCUT2D eigenvalue weighted by Crippen LogP contribution is 2.36. The van der Waals surface area contributed by atoms with Crippen LogP contribution in [0.3, 0.4) is 0 Å². The van der Waals surface area contributed by atoms with E-state index in [-0.39, 0.29) is 5.75 Å². The maximum absolute atomic E-state index is 14.7. The highest BCUT2D eigenvalue weighted by Gasteiger charge is 2.29. The SMILES string of the molecule is [2H]C([2H])([2H])Oc1cccc(-c2c(F)c(F)c(NC(=O)c3cnsc3C(=O)O)c(F)c2F)c1. The van der Waals surface area contributed by atoms with Crippen molar-refractivity contribution in [1.29, 1.82) is 0 Å². The van der Waals surface area contributed by atoms with Gasteiger partial charge in [-0.25, -0.2) is 22.4 Å². The summed E-state index contributed by atoms with van der Waals surface area (Å²) in [6.45, 7) is 0. The first-order valence-electron chi connectivity index (χ1n) is 9.05. The van der Waals surface area contributed by atoms with E-state index in [2.05, 4.69) is 9.11 Å². The minimum absolute atomic E-state index is 0.342. The van der Waals surface area contributed by atoms with Crippen LogP contribution in [0.5, 0.6) is 5.75 Å². The Hall–Kier alpha value is -3.47. The number of ether oxygens (including phenoxy) is 1. The summed E-state index contributed by atoms with van der Waals surface area (Å²) in [7, 11) is -2.88. The number of rotatable bonds is 5. The van der Waals surface area contributed by atoms with Crippen LogP contribution in [0.15, 0.2) is 30.5 Å². The maximum atomic E-state index is 14.7. The Balaban J connectivity index is 2.04. The summed E-state index contributed by atoms with van der Waals surface area (Å²) >= 11 is 0.418. The fourth-order valence-electron chi connectivity index (χ4n) is 2.45. The highest BCUT2D eigenvalue weighted by molar-refractivity contribution is 7.08. The van der Waals surface area contributed by atoms with Crippen LogP contribution in [0, 0.1) is 23.3 Å². The lowest BCUT2D eigenvalue weighted by Gasteiger charge is -2.13. The first kappa shape index (κ1) is 16.5. The van der Waals surface area contributed by atoms with E-state index in [1.807, 2.05) is 0 Å². The number of nitrogens with one attached hydrogen (secondary N) is 1. The number of hydrogen-bond donors (Lipinski definition) is 2. The van der Waals surface area contributed by atoms with Gasteiger partial charge in [0.25, 0.3) is 5.91 Å². The smallest absolute Gasteiger partial charge is 0.348 e. The molecule has 0 aliphatic rings. The molecule has 6 nitrogen and oxygen atoms in total. The number of carboxylic acids is 1. The maximum Gasteiger partial charge on any atom is 0.348 e. The van der Waals surface area contributed by atoms with E-state index in [0.717, 1.165) is 30.5 Å². The summed E-state index contributed by atoms with van der Waals surface area (Å²) in [5.74, 6) is -10.9. The van der Waals surface area contributed by atoms with E-state index < -0.39 is 69.4 Å². The molecule has 1 heterocycles. The van der Waals surface area contributed by atoms with Crippen LogP contribution in [-0.4, -0.2) is 28.4 Å². The summed E-state index contributed by atoms with van der Waals surface area (Å²) in [6, 6.07) is 4.22. The van der Waals surface area contributed by atoms with Crippen LogP contribution < -0.4 is 10.1 Å². The predicted molar refractivity (Wildman–Crippen MR) is 95.3 cm³/mol. The molecular formula is C18H10F4N2O4S. The molecule has 29 heavy (non-hydrogen) atoms. The molecule has 0 radical (unpaired) electrons. The highest BCUT2D eigenvalue weighted by atomic mass is 32.1. The van der Waals surface area contributed by atoms with Crippen molar-refractivity contribution < 1.29 is 41.1 Å². The molecule has 3 aromatic rings. The Labute approximate surface area is 168 Å². The van der Waals surface area contributed by atoms with Crippen molar-refractivity contribution in [3.8, 4) is 16.9 Å². The van der Waals surface area contributed by atoms with Crippen molar-refractivity contribution in [1.82, 2.24) is 4.37 Å². The van der Waals surface area contributed by atoms with E-state index in [4.69, 9.17) is 9.22 Å². The molecule has 2 aromatic carbocycles. The fourth-order valence-corrected chi connectivity index (χ4v) is 3.03. The largest absolute Gasteiger partial charge is 0.497 e. The van der Waals surface area contributed by atoms with E-state index in [1.165, 1.54) is 0 Å². The summed E-state index contributed by atoms with van der Waals surface area (Å²) in [5.41, 5.74) is -3.66. The quantitative estimate of drug-likeness (QED) is 0.466. The molecule has 0 aliphatic heterocycles. The van der Waals surface area contributed by atoms with Gasteiger partial charge in [-0.3, -0.25) is 4.79 Å². The molecule has 11 heteroatoms. The summed E-state index contributed by atoms with van der Waals surface area (Å²) < 4.78 is 87.7. The van der Waals surface area contributed by atoms with Crippen LogP contribution >= 0.6 is 11.5 Å². The van der Waals surface area contributed by atoms with Gasteiger partial charge < -0.3 is 15.2 Å². The van der Waals surface area contributed by atoms with Crippen molar-refractivity contribution in [3.63, 3.8) is 0 Å². The van der Waals surface area contributed by atoms with Gasteiger partial charge in [0.1, 0.15) is 16.3 Å². The minimum atomic E-state index is -2.88. The molecule has 0 fully saturated rings. The number of carboxylic acid groups (broad SMARTS) is 1. The third-order valence-electron chi connectivity index (χ3n) is 3.75. The van der Waals surface area contributed by atoms with Crippen molar-refractivity contribution in [2.45, 2.75) is 0 Å². The average Bonchev–Trinajstić information content (AvgIpc) is 3.19. The Kier molecular flexibility index (Phi) is 4.48. The second-order valence-corrected chi connectivity index (χ2v) is 6.27. The van der Waals surface area contributed by atoms with Crippen LogP contribution in [0.4, 0.5) is 23.2 Å². The van der Waals surface area contributed by atoms with Gasteiger partial charge in [0.05, 0.1) is 28.5 Å². The number of aromatic nitrogens is 1. The second-order valence-electron chi connectivity index (χ2n) is 5.46. The molecule has 1 amide bonds. The van der Waals surface area contributed by atoms with Gasteiger partial charge in [0.15, 0.2) is 23.3 Å². The lowest BCUT2D eigenvalue weighted by molar-refractivity contribution is 0.0698. The molecule has 0 saturated heterocycles. The number of nitrogens with zero attached hydrogens (tertiary/aromatic N) is 1. The number of carbonyl (C=O) groups is 2. The van der Waals surface area contributed by atoms with Crippen molar-refractivity contribution >= 4 is 29.1 Å². The van der Waals surface area contributed by atoms with Crippen LogP contribution in [0.2, 0.25) is 0 Å². The van der Waals surface area contributed by atoms with Gasteiger partial charge in [-0.2, -0.15) is 4.37 Å². The monoisotopic (exact) mass is 429 g/mol. The van der Waals surface area contributed by atoms with Gasteiger partial charge in [0, 0.05) is 0 Å². The number of carbonyl (C=O) groups excluding carboxylic acids is 1. The number of methoxy groups -OCH3 is 1. The lowest BCUT2D eigenvalue weighted by atomic mass is 10.0. The molecule has 150 valence electrons. The van der Waals surface area contributed by atoms with Crippen molar-refractivity contribution in [2.24, 2.45) is 0 Å². The molecule has 0 saturated carbocycles. The first-order valence-corrected chi connectivity index (χ1v) is 8.32. The van der Waals surface area contributed by atoms with Gasteiger partial charge in [0.2, 0.25) is 0 Å². The Morgan fingerprint density at radius 1 is 1.17 bits per heavy atom. The van der Waals surface area contributed by atoms with Gasteiger partial charge in [-0.1, -0.05) is 12.1 Å². The van der Waals surface area contributed by atoms with Crippen molar-refractivity contribution in [2.75, 3.05) is 12.4 Å². The summed E-state index contributed by atoms with van der Waals surface area (Å²) in [4.78, 5) is 22.7. The zero-order chi connectivity index (χ0) is 23.8. The topological polar surface area (TPSA) is 88.5 Å². The molecule has 0 bridgehead atoms. The first-order chi connectivity index (χ1) is 14.9. The van der Waals surface area contributed by atoms with Gasteiger partial charge >= 0.3 is 5.97 Å². The number of halogens is 4. The Bertz CT molecular complexity index is 1200. The molecule has 0 atom stereocenters. The average molecular weight is 429 g/mol. The second kappa shape index (κ2) is 7.87. The predicted octanol–water partition coefficient (Wildman–Crippen LogP) is 4.33. The normalized spacial score (nSPS) is 12.6. The van der Waals surface area contributed by atoms with Gasteiger partial charge in [-0.15, -0.1) is 0 Å². The van der Waals surface area contributed by atoms with E-state index in [9.17, 15) is 27.2 Å².